The number of anilines is 1. The third kappa shape index (κ3) is 2.24. The lowest BCUT2D eigenvalue weighted by Crippen LogP contribution is -2.36. The Kier molecular flexibility index (Phi) is 3.54. The van der Waals surface area contributed by atoms with E-state index in [4.69, 9.17) is 0 Å². The minimum Gasteiger partial charge on any atom is -0.481 e. The van der Waals surface area contributed by atoms with Crippen molar-refractivity contribution in [1.29, 1.82) is 0 Å². The molecule has 2 N–H and O–H groups in total. The van der Waals surface area contributed by atoms with E-state index in [-0.39, 0.29) is 17.7 Å². The number of hydrogen-bond acceptors (Lipinski definition) is 2. The molecule has 3 rings (SSSR count). The Labute approximate surface area is 130 Å². The van der Waals surface area contributed by atoms with Gasteiger partial charge in [0.2, 0.25) is 5.91 Å². The number of carboxylic acids is 1. The van der Waals surface area contributed by atoms with Crippen LogP contribution in [0, 0.1) is 27.2 Å². The Hall–Kier alpha value is -1.37. The van der Waals surface area contributed by atoms with Crippen LogP contribution >= 0.6 is 22.6 Å². The van der Waals surface area contributed by atoms with Gasteiger partial charge in [0.1, 0.15) is 0 Å². The van der Waals surface area contributed by atoms with Crippen LogP contribution in [0.4, 0.5) is 5.69 Å². The fourth-order valence-electron chi connectivity index (χ4n) is 3.29. The number of carboxylic acid groups (broad SMARTS) is 1. The van der Waals surface area contributed by atoms with Crippen LogP contribution in [0.15, 0.2) is 36.4 Å². The van der Waals surface area contributed by atoms with Gasteiger partial charge in [-0.15, -0.1) is 0 Å². The fourth-order valence-corrected chi connectivity index (χ4v) is 3.82. The number of hydrogen-bond donors (Lipinski definition) is 2. The summed E-state index contributed by atoms with van der Waals surface area (Å²) in [5, 5.41) is 12.2. The molecule has 0 aliphatic heterocycles. The van der Waals surface area contributed by atoms with Crippen molar-refractivity contribution in [2.75, 3.05) is 5.32 Å². The Morgan fingerprint density at radius 2 is 1.80 bits per heavy atom. The van der Waals surface area contributed by atoms with Gasteiger partial charge in [-0.25, -0.2) is 0 Å². The summed E-state index contributed by atoms with van der Waals surface area (Å²) in [4.78, 5) is 23.9. The topological polar surface area (TPSA) is 66.4 Å². The van der Waals surface area contributed by atoms with Gasteiger partial charge >= 0.3 is 5.97 Å². The molecular formula is C15H14INO3. The number of allylic oxidation sites excluding steroid dienone is 2. The largest absolute Gasteiger partial charge is 0.481 e. The van der Waals surface area contributed by atoms with Crippen LogP contribution in [0.25, 0.3) is 0 Å². The first kappa shape index (κ1) is 13.6. The van der Waals surface area contributed by atoms with Crippen molar-refractivity contribution < 1.29 is 14.7 Å². The molecule has 0 heterocycles. The zero-order valence-electron chi connectivity index (χ0n) is 10.6. The molecule has 0 saturated heterocycles. The quantitative estimate of drug-likeness (QED) is 0.623. The molecule has 1 fully saturated rings. The molecular weight excluding hydrogens is 369 g/mol. The minimum absolute atomic E-state index is 0.00287. The highest BCUT2D eigenvalue weighted by Gasteiger charge is 2.51. The highest BCUT2D eigenvalue weighted by Crippen LogP contribution is 2.48. The number of halogens is 1. The molecule has 2 bridgehead atoms. The van der Waals surface area contributed by atoms with Gasteiger partial charge in [0, 0.05) is 3.57 Å². The Morgan fingerprint density at radius 3 is 2.45 bits per heavy atom. The number of rotatable bonds is 3. The second-order valence-electron chi connectivity index (χ2n) is 5.31. The summed E-state index contributed by atoms with van der Waals surface area (Å²) in [6.45, 7) is 0. The molecule has 1 aromatic carbocycles. The molecule has 104 valence electrons. The maximum absolute atomic E-state index is 12.5. The fraction of sp³-hybridized carbons (Fsp3) is 0.333. The number of nitrogens with one attached hydrogen (secondary N) is 1. The zero-order valence-corrected chi connectivity index (χ0v) is 12.8. The molecule has 1 aromatic rings. The molecule has 2 aliphatic carbocycles. The minimum atomic E-state index is -0.871. The lowest BCUT2D eigenvalue weighted by molar-refractivity contribution is -0.146. The molecule has 4 atom stereocenters. The summed E-state index contributed by atoms with van der Waals surface area (Å²) in [6, 6.07) is 7.49. The first-order valence-electron chi connectivity index (χ1n) is 6.54. The summed E-state index contributed by atoms with van der Waals surface area (Å²) in [5.74, 6) is -2.04. The van der Waals surface area contributed by atoms with Crippen LogP contribution in [0.2, 0.25) is 0 Å². The standard InChI is InChI=1S/C15H14INO3/c16-10-3-1-2-4-11(10)17-14(18)12-8-5-6-9(7-8)13(12)15(19)20/h1-6,8-9,12-13H,7H2,(H,17,18)(H,19,20)/t8-,9-,12-,13+/m0/s1. The van der Waals surface area contributed by atoms with E-state index in [2.05, 4.69) is 27.9 Å². The van der Waals surface area contributed by atoms with E-state index >= 15 is 0 Å². The van der Waals surface area contributed by atoms with Gasteiger partial charge in [0.05, 0.1) is 17.5 Å². The molecule has 1 amide bonds. The summed E-state index contributed by atoms with van der Waals surface area (Å²) in [7, 11) is 0. The number of carbonyl (C=O) groups is 2. The van der Waals surface area contributed by atoms with E-state index in [0.717, 1.165) is 15.7 Å². The van der Waals surface area contributed by atoms with Crippen LogP contribution in [0.5, 0.6) is 0 Å². The maximum atomic E-state index is 12.5. The highest BCUT2D eigenvalue weighted by atomic mass is 127. The molecule has 0 unspecified atom stereocenters. The Bertz CT molecular complexity index is 599. The molecule has 1 saturated carbocycles. The normalized spacial score (nSPS) is 30.4. The average molecular weight is 383 g/mol. The van der Waals surface area contributed by atoms with Crippen molar-refractivity contribution >= 4 is 40.2 Å². The summed E-state index contributed by atoms with van der Waals surface area (Å²) < 4.78 is 0.948. The van der Waals surface area contributed by atoms with E-state index in [1.807, 2.05) is 36.4 Å². The summed E-state index contributed by atoms with van der Waals surface area (Å²) >= 11 is 2.15. The van der Waals surface area contributed by atoms with Gasteiger partial charge in [-0.2, -0.15) is 0 Å². The number of benzene rings is 1. The summed E-state index contributed by atoms with van der Waals surface area (Å²) in [6.07, 6.45) is 4.71. The van der Waals surface area contributed by atoms with Crippen LogP contribution in [0.3, 0.4) is 0 Å². The molecule has 5 heteroatoms. The van der Waals surface area contributed by atoms with Crippen molar-refractivity contribution in [1.82, 2.24) is 0 Å². The predicted octanol–water partition coefficient (Wildman–Crippen LogP) is 2.75. The van der Waals surface area contributed by atoms with Gasteiger partial charge in [-0.1, -0.05) is 24.3 Å². The highest BCUT2D eigenvalue weighted by molar-refractivity contribution is 14.1. The molecule has 20 heavy (non-hydrogen) atoms. The number of fused-ring (bicyclic) bond motifs is 2. The van der Waals surface area contributed by atoms with Crippen molar-refractivity contribution in [3.8, 4) is 0 Å². The average Bonchev–Trinajstić information content (AvgIpc) is 3.01. The number of amides is 1. The lowest BCUT2D eigenvalue weighted by Gasteiger charge is -2.24. The number of para-hydroxylation sites is 1. The first-order chi connectivity index (χ1) is 9.58. The van der Waals surface area contributed by atoms with Gasteiger partial charge in [0.25, 0.3) is 0 Å². The summed E-state index contributed by atoms with van der Waals surface area (Å²) in [5.41, 5.74) is 0.744. The van der Waals surface area contributed by atoms with Crippen LogP contribution in [-0.2, 0) is 9.59 Å². The van der Waals surface area contributed by atoms with Crippen LogP contribution < -0.4 is 5.32 Å². The maximum Gasteiger partial charge on any atom is 0.307 e. The zero-order chi connectivity index (χ0) is 14.3. The van der Waals surface area contributed by atoms with Gasteiger partial charge in [-0.05, 0) is 53.0 Å². The smallest absolute Gasteiger partial charge is 0.307 e. The van der Waals surface area contributed by atoms with E-state index in [0.29, 0.717) is 0 Å². The van der Waals surface area contributed by atoms with E-state index in [9.17, 15) is 14.7 Å². The molecule has 4 nitrogen and oxygen atoms in total. The molecule has 0 spiro atoms. The SMILES string of the molecule is O=C(Nc1ccccc1I)[C@@H]1[C@H](C(=O)O)[C@H]2C=C[C@H]1C2. The lowest BCUT2D eigenvalue weighted by atomic mass is 9.82. The van der Waals surface area contributed by atoms with Gasteiger partial charge < -0.3 is 10.4 Å². The van der Waals surface area contributed by atoms with Crippen LogP contribution in [-0.4, -0.2) is 17.0 Å². The second-order valence-corrected chi connectivity index (χ2v) is 6.47. The number of carbonyl (C=O) groups excluding carboxylic acids is 1. The van der Waals surface area contributed by atoms with Crippen molar-refractivity contribution in [2.24, 2.45) is 23.7 Å². The molecule has 2 aliphatic rings. The Morgan fingerprint density at radius 1 is 1.15 bits per heavy atom. The third-order valence-corrected chi connectivity index (χ3v) is 5.12. The Balaban J connectivity index is 1.82. The van der Waals surface area contributed by atoms with Crippen molar-refractivity contribution in [3.63, 3.8) is 0 Å². The first-order valence-corrected chi connectivity index (χ1v) is 7.62. The molecule has 0 aromatic heterocycles. The van der Waals surface area contributed by atoms with Gasteiger partial charge in [-0.3, -0.25) is 9.59 Å². The van der Waals surface area contributed by atoms with Gasteiger partial charge in [0.15, 0.2) is 0 Å². The van der Waals surface area contributed by atoms with Crippen LogP contribution in [0.1, 0.15) is 6.42 Å². The second kappa shape index (κ2) is 5.20. The van der Waals surface area contributed by atoms with E-state index in [1.54, 1.807) is 0 Å². The molecule has 0 radical (unpaired) electrons. The number of aliphatic carboxylic acids is 1. The predicted molar refractivity (Wildman–Crippen MR) is 83.1 cm³/mol. The van der Waals surface area contributed by atoms with Crippen molar-refractivity contribution in [2.45, 2.75) is 6.42 Å². The third-order valence-electron chi connectivity index (χ3n) is 4.18. The van der Waals surface area contributed by atoms with Crippen molar-refractivity contribution in [3.05, 3.63) is 40.0 Å². The monoisotopic (exact) mass is 383 g/mol. The van der Waals surface area contributed by atoms with E-state index < -0.39 is 17.8 Å². The van der Waals surface area contributed by atoms with E-state index in [1.165, 1.54) is 0 Å².